The third-order valence-electron chi connectivity index (χ3n) is 3.10. The van der Waals surface area contributed by atoms with Crippen molar-refractivity contribution < 1.29 is 4.79 Å². The number of carbonyl (C=O) groups excluding carboxylic acids is 1. The number of nitrogen functional groups attached to an aromatic ring is 1. The van der Waals surface area contributed by atoms with E-state index in [2.05, 4.69) is 17.1 Å². The molecule has 0 spiro atoms. The van der Waals surface area contributed by atoms with E-state index >= 15 is 0 Å². The van der Waals surface area contributed by atoms with Crippen LogP contribution in [0.2, 0.25) is 5.02 Å². The number of anilines is 2. The Hall–Kier alpha value is -1.26. The van der Waals surface area contributed by atoms with Crippen molar-refractivity contribution in [3.8, 4) is 0 Å². The van der Waals surface area contributed by atoms with Crippen molar-refractivity contribution in [2.75, 3.05) is 24.1 Å². The first-order valence-electron chi connectivity index (χ1n) is 6.19. The normalized spacial score (nSPS) is 14.8. The van der Waals surface area contributed by atoms with Crippen LogP contribution in [-0.4, -0.2) is 29.9 Å². The van der Waals surface area contributed by atoms with Crippen molar-refractivity contribution in [2.45, 2.75) is 25.8 Å². The number of nitrogens with two attached hydrogens (primary N) is 1. The Balaban J connectivity index is 1.93. The number of carbonyl (C=O) groups is 1. The van der Waals surface area contributed by atoms with Gasteiger partial charge in [0.05, 0.1) is 17.9 Å². The number of benzene rings is 1. The van der Waals surface area contributed by atoms with E-state index in [0.717, 1.165) is 6.54 Å². The van der Waals surface area contributed by atoms with E-state index in [-0.39, 0.29) is 5.91 Å². The Labute approximate surface area is 112 Å². The average molecular weight is 268 g/mol. The second-order valence-electron chi connectivity index (χ2n) is 4.57. The largest absolute Gasteiger partial charge is 0.397 e. The number of nitrogens with one attached hydrogen (secondary N) is 1. The maximum absolute atomic E-state index is 11.9. The van der Waals surface area contributed by atoms with Crippen LogP contribution in [0, 0.1) is 0 Å². The van der Waals surface area contributed by atoms with Crippen molar-refractivity contribution in [3.63, 3.8) is 0 Å². The van der Waals surface area contributed by atoms with E-state index in [1.54, 1.807) is 18.2 Å². The third kappa shape index (κ3) is 3.37. The molecule has 0 saturated heterocycles. The van der Waals surface area contributed by atoms with Gasteiger partial charge in [-0.2, -0.15) is 0 Å². The molecule has 4 nitrogen and oxygen atoms in total. The molecule has 1 aromatic rings. The minimum absolute atomic E-state index is 0.0298. The summed E-state index contributed by atoms with van der Waals surface area (Å²) in [5, 5.41) is 3.39. The van der Waals surface area contributed by atoms with Gasteiger partial charge >= 0.3 is 0 Å². The molecule has 1 saturated carbocycles. The maximum Gasteiger partial charge on any atom is 0.238 e. The Kier molecular flexibility index (Phi) is 4.09. The summed E-state index contributed by atoms with van der Waals surface area (Å²) in [5.41, 5.74) is 6.90. The zero-order chi connectivity index (χ0) is 13.1. The zero-order valence-corrected chi connectivity index (χ0v) is 11.2. The molecule has 0 aliphatic heterocycles. The number of halogens is 1. The molecule has 0 bridgehead atoms. The van der Waals surface area contributed by atoms with Crippen LogP contribution in [0.1, 0.15) is 19.8 Å². The topological polar surface area (TPSA) is 58.4 Å². The quantitative estimate of drug-likeness (QED) is 0.805. The lowest BCUT2D eigenvalue weighted by atomic mass is 10.2. The molecule has 1 aliphatic carbocycles. The van der Waals surface area contributed by atoms with Crippen molar-refractivity contribution in [1.29, 1.82) is 0 Å². The first-order valence-corrected chi connectivity index (χ1v) is 6.57. The Morgan fingerprint density at radius 3 is 2.83 bits per heavy atom. The van der Waals surface area contributed by atoms with E-state index in [1.165, 1.54) is 12.8 Å². The van der Waals surface area contributed by atoms with E-state index in [9.17, 15) is 4.79 Å². The predicted molar refractivity (Wildman–Crippen MR) is 74.8 cm³/mol. The van der Waals surface area contributed by atoms with Crippen molar-refractivity contribution in [2.24, 2.45) is 0 Å². The molecule has 0 unspecified atom stereocenters. The van der Waals surface area contributed by atoms with Gasteiger partial charge in [0.15, 0.2) is 0 Å². The van der Waals surface area contributed by atoms with Gasteiger partial charge in [0.1, 0.15) is 0 Å². The van der Waals surface area contributed by atoms with Gasteiger partial charge in [-0.05, 0) is 37.6 Å². The van der Waals surface area contributed by atoms with Crippen LogP contribution in [0.3, 0.4) is 0 Å². The van der Waals surface area contributed by atoms with E-state index in [4.69, 9.17) is 17.3 Å². The smallest absolute Gasteiger partial charge is 0.238 e. The van der Waals surface area contributed by atoms with Gasteiger partial charge in [-0.25, -0.2) is 0 Å². The van der Waals surface area contributed by atoms with Crippen LogP contribution in [-0.2, 0) is 4.79 Å². The summed E-state index contributed by atoms with van der Waals surface area (Å²) < 4.78 is 0. The molecule has 1 aliphatic rings. The number of hydrogen-bond acceptors (Lipinski definition) is 3. The summed E-state index contributed by atoms with van der Waals surface area (Å²) in [4.78, 5) is 14.1. The molecule has 2 rings (SSSR count). The van der Waals surface area contributed by atoms with Crippen LogP contribution in [0.5, 0.6) is 0 Å². The van der Waals surface area contributed by atoms with Crippen molar-refractivity contribution in [3.05, 3.63) is 23.2 Å². The zero-order valence-electron chi connectivity index (χ0n) is 10.4. The third-order valence-corrected chi connectivity index (χ3v) is 3.34. The average Bonchev–Trinajstić information content (AvgIpc) is 3.14. The Morgan fingerprint density at radius 2 is 2.28 bits per heavy atom. The molecule has 0 heterocycles. The number of hydrogen-bond donors (Lipinski definition) is 2. The highest BCUT2D eigenvalue weighted by Gasteiger charge is 2.28. The number of likely N-dealkylation sites (N-methyl/N-ethyl adjacent to an activating group) is 1. The van der Waals surface area contributed by atoms with Gasteiger partial charge in [0.25, 0.3) is 0 Å². The standard InChI is InChI=1S/C13H18ClN3O/c1-2-17(10-4-5-10)8-13(18)16-12-6-3-9(14)7-11(12)15/h3,6-7,10H,2,4-5,8,15H2,1H3,(H,16,18). The van der Waals surface area contributed by atoms with Gasteiger partial charge in [0, 0.05) is 11.1 Å². The van der Waals surface area contributed by atoms with Gasteiger partial charge in [-0.1, -0.05) is 18.5 Å². The van der Waals surface area contributed by atoms with Crippen molar-refractivity contribution in [1.82, 2.24) is 4.90 Å². The molecule has 0 radical (unpaired) electrons. The lowest BCUT2D eigenvalue weighted by Crippen LogP contribution is -2.34. The Morgan fingerprint density at radius 1 is 1.56 bits per heavy atom. The lowest BCUT2D eigenvalue weighted by molar-refractivity contribution is -0.117. The van der Waals surface area contributed by atoms with Gasteiger partial charge < -0.3 is 11.1 Å². The number of rotatable bonds is 5. The fraction of sp³-hybridized carbons (Fsp3) is 0.462. The monoisotopic (exact) mass is 267 g/mol. The fourth-order valence-electron chi connectivity index (χ4n) is 1.96. The van der Waals surface area contributed by atoms with Gasteiger partial charge in [-0.3, -0.25) is 9.69 Å². The number of nitrogens with zero attached hydrogens (tertiary/aromatic N) is 1. The first-order chi connectivity index (χ1) is 8.60. The lowest BCUT2D eigenvalue weighted by Gasteiger charge is -2.19. The second-order valence-corrected chi connectivity index (χ2v) is 5.01. The summed E-state index contributed by atoms with van der Waals surface area (Å²) in [5.74, 6) is -0.0298. The van der Waals surface area contributed by atoms with Crippen molar-refractivity contribution >= 4 is 28.9 Å². The molecular formula is C13H18ClN3O. The minimum Gasteiger partial charge on any atom is -0.397 e. The molecule has 18 heavy (non-hydrogen) atoms. The van der Waals surface area contributed by atoms with E-state index in [1.807, 2.05) is 0 Å². The summed E-state index contributed by atoms with van der Waals surface area (Å²) in [6.07, 6.45) is 2.40. The summed E-state index contributed by atoms with van der Waals surface area (Å²) in [6, 6.07) is 5.66. The molecule has 1 amide bonds. The molecule has 5 heteroatoms. The second kappa shape index (κ2) is 5.59. The molecule has 3 N–H and O–H groups in total. The van der Waals surface area contributed by atoms with Crippen LogP contribution in [0.15, 0.2) is 18.2 Å². The molecule has 98 valence electrons. The Bertz CT molecular complexity index is 446. The SMILES string of the molecule is CCN(CC(=O)Nc1ccc(Cl)cc1N)C1CC1. The van der Waals surface area contributed by atoms with Gasteiger partial charge in [-0.15, -0.1) is 0 Å². The minimum atomic E-state index is -0.0298. The molecule has 1 fully saturated rings. The summed E-state index contributed by atoms with van der Waals surface area (Å²) >= 11 is 5.81. The van der Waals surface area contributed by atoms with Gasteiger partial charge in [0.2, 0.25) is 5.91 Å². The van der Waals surface area contributed by atoms with E-state index in [0.29, 0.717) is 29.0 Å². The maximum atomic E-state index is 11.9. The predicted octanol–water partition coefficient (Wildman–Crippen LogP) is 2.35. The van der Waals surface area contributed by atoms with Crippen LogP contribution in [0.25, 0.3) is 0 Å². The summed E-state index contributed by atoms with van der Waals surface area (Å²) in [6.45, 7) is 3.39. The van der Waals surface area contributed by atoms with Crippen LogP contribution in [0.4, 0.5) is 11.4 Å². The molecule has 1 aromatic carbocycles. The summed E-state index contributed by atoms with van der Waals surface area (Å²) in [7, 11) is 0. The highest BCUT2D eigenvalue weighted by molar-refractivity contribution is 6.31. The first kappa shape index (κ1) is 13.2. The molecule has 0 aromatic heterocycles. The number of amides is 1. The highest BCUT2D eigenvalue weighted by Crippen LogP contribution is 2.26. The highest BCUT2D eigenvalue weighted by atomic mass is 35.5. The molecular weight excluding hydrogens is 250 g/mol. The van der Waals surface area contributed by atoms with E-state index < -0.39 is 0 Å². The fourth-order valence-corrected chi connectivity index (χ4v) is 2.14. The van der Waals surface area contributed by atoms with Crippen LogP contribution >= 0.6 is 11.6 Å². The van der Waals surface area contributed by atoms with Crippen LogP contribution < -0.4 is 11.1 Å². The molecule has 0 atom stereocenters.